The number of aromatic nitrogens is 2. The van der Waals surface area contributed by atoms with E-state index >= 15 is 0 Å². The second-order valence-electron chi connectivity index (χ2n) is 6.63. The molecule has 4 heterocycles. The second kappa shape index (κ2) is 5.25. The number of alkyl halides is 1. The van der Waals surface area contributed by atoms with E-state index in [9.17, 15) is 4.79 Å². The molecule has 0 saturated carbocycles. The molecule has 3 fully saturated rings. The number of benzene rings is 1. The summed E-state index contributed by atoms with van der Waals surface area (Å²) in [6.45, 7) is 3.24. The number of hydrogen-bond acceptors (Lipinski definition) is 2. The van der Waals surface area contributed by atoms with Crippen molar-refractivity contribution in [2.24, 2.45) is 5.92 Å². The minimum Gasteiger partial charge on any atom is -0.342 e. The Morgan fingerprint density at radius 3 is 2.91 bits per heavy atom. The van der Waals surface area contributed by atoms with Crippen molar-refractivity contribution in [1.29, 1.82) is 0 Å². The van der Waals surface area contributed by atoms with Gasteiger partial charge in [-0.15, -0.1) is 0 Å². The molecule has 0 aliphatic carbocycles. The monoisotopic (exact) mass is 319 g/mol. The van der Waals surface area contributed by atoms with Crippen LogP contribution in [0.15, 0.2) is 24.3 Å². The first-order valence-corrected chi connectivity index (χ1v) is 8.39. The maximum Gasteiger partial charge on any atom is 0.272 e. The molecule has 0 spiro atoms. The highest BCUT2D eigenvalue weighted by Crippen LogP contribution is 2.34. The molecule has 6 heteroatoms. The van der Waals surface area contributed by atoms with Crippen molar-refractivity contribution >= 4 is 28.4 Å². The number of quaternary nitrogens is 1. The molecule has 2 N–H and O–H groups in total. The zero-order valence-corrected chi connectivity index (χ0v) is 13.1. The Morgan fingerprint density at radius 2 is 2.14 bits per heavy atom. The van der Waals surface area contributed by atoms with Crippen molar-refractivity contribution in [2.45, 2.75) is 18.9 Å². The van der Waals surface area contributed by atoms with Gasteiger partial charge < -0.3 is 9.80 Å². The molecule has 3 aliphatic heterocycles. The van der Waals surface area contributed by atoms with Crippen LogP contribution in [0.2, 0.25) is 0 Å². The minimum absolute atomic E-state index is 0.0797. The van der Waals surface area contributed by atoms with Gasteiger partial charge in [-0.3, -0.25) is 9.89 Å². The minimum atomic E-state index is -0.0797. The van der Waals surface area contributed by atoms with E-state index in [2.05, 4.69) is 15.5 Å². The van der Waals surface area contributed by atoms with Crippen LogP contribution < -0.4 is 5.32 Å². The summed E-state index contributed by atoms with van der Waals surface area (Å²) in [5, 5.41) is 11.2. The summed E-state index contributed by atoms with van der Waals surface area (Å²) in [5.41, 5.74) is 1.38. The number of para-hydroxylation sites is 1. The van der Waals surface area contributed by atoms with Gasteiger partial charge in [0.1, 0.15) is 6.54 Å². The van der Waals surface area contributed by atoms with Crippen LogP contribution in [0.1, 0.15) is 23.3 Å². The molecule has 1 atom stereocenters. The number of nitrogens with zero attached hydrogens (tertiary/aromatic N) is 2. The van der Waals surface area contributed by atoms with E-state index in [1.807, 2.05) is 24.3 Å². The summed E-state index contributed by atoms with van der Waals surface area (Å²) >= 11 is 6.18. The zero-order valence-electron chi connectivity index (χ0n) is 12.4. The third-order valence-electron chi connectivity index (χ3n) is 5.36. The van der Waals surface area contributed by atoms with Crippen LogP contribution in [0.25, 0.3) is 10.9 Å². The number of amides is 1. The lowest BCUT2D eigenvalue weighted by molar-refractivity contribution is -0.933. The quantitative estimate of drug-likeness (QED) is 0.517. The van der Waals surface area contributed by atoms with Gasteiger partial charge >= 0.3 is 0 Å². The average molecular weight is 320 g/mol. The van der Waals surface area contributed by atoms with Crippen molar-refractivity contribution in [3.05, 3.63) is 30.0 Å². The summed E-state index contributed by atoms with van der Waals surface area (Å²) < 4.78 is 0.935. The van der Waals surface area contributed by atoms with Gasteiger partial charge in [-0.1, -0.05) is 29.8 Å². The van der Waals surface area contributed by atoms with Gasteiger partial charge in [0.2, 0.25) is 0 Å². The van der Waals surface area contributed by atoms with E-state index in [-0.39, 0.29) is 11.9 Å². The van der Waals surface area contributed by atoms with Crippen LogP contribution in [0.3, 0.4) is 0 Å². The number of H-pyrrole nitrogens is 1. The lowest BCUT2D eigenvalue weighted by Gasteiger charge is -2.51. The van der Waals surface area contributed by atoms with Crippen molar-refractivity contribution < 1.29 is 9.28 Å². The van der Waals surface area contributed by atoms with Crippen LogP contribution >= 0.6 is 11.6 Å². The van der Waals surface area contributed by atoms with Gasteiger partial charge in [0.05, 0.1) is 24.6 Å². The standard InChI is InChI=1S/C16H19ClN4O/c17-10-21-7-5-11(6-8-21)14(9-21)18-16(22)15-12-3-1-2-4-13(12)19-20-15/h1-4,11,14H,5-10H2,(H-,18,19,20,22)/p+1/t11?,14-,21?/m1/s1. The maximum atomic E-state index is 12.6. The molecule has 22 heavy (non-hydrogen) atoms. The molecule has 1 amide bonds. The van der Waals surface area contributed by atoms with Crippen LogP contribution in [-0.4, -0.2) is 52.3 Å². The van der Waals surface area contributed by atoms with Gasteiger partial charge in [-0.05, 0) is 12.0 Å². The number of nitrogens with one attached hydrogen (secondary N) is 2. The van der Waals surface area contributed by atoms with Crippen molar-refractivity contribution in [2.75, 3.05) is 25.6 Å². The first-order valence-electron chi connectivity index (χ1n) is 7.86. The topological polar surface area (TPSA) is 57.8 Å². The van der Waals surface area contributed by atoms with Crippen LogP contribution in [0.5, 0.6) is 0 Å². The molecule has 5 rings (SSSR count). The number of fused-ring (bicyclic) bond motifs is 4. The molecule has 2 aromatic rings. The normalized spacial score (nSPS) is 30.6. The summed E-state index contributed by atoms with van der Waals surface area (Å²) in [4.78, 5) is 12.6. The number of aromatic amines is 1. The molecule has 3 aliphatic rings. The number of rotatable bonds is 3. The fraction of sp³-hybridized carbons (Fsp3) is 0.500. The first-order chi connectivity index (χ1) is 10.7. The Balaban J connectivity index is 1.55. The van der Waals surface area contributed by atoms with Gasteiger partial charge in [0.15, 0.2) is 11.7 Å². The molecular weight excluding hydrogens is 300 g/mol. The second-order valence-corrected chi connectivity index (χ2v) is 6.87. The van der Waals surface area contributed by atoms with E-state index in [1.165, 1.54) is 0 Å². The van der Waals surface area contributed by atoms with Crippen molar-refractivity contribution in [3.63, 3.8) is 0 Å². The summed E-state index contributed by atoms with van der Waals surface area (Å²) in [5.74, 6) is 0.501. The lowest BCUT2D eigenvalue weighted by Crippen LogP contribution is -2.66. The lowest BCUT2D eigenvalue weighted by atomic mass is 9.82. The molecule has 2 bridgehead atoms. The summed E-state index contributed by atoms with van der Waals surface area (Å²) in [6.07, 6.45) is 2.30. The predicted molar refractivity (Wildman–Crippen MR) is 85.7 cm³/mol. The van der Waals surface area contributed by atoms with Crippen molar-refractivity contribution in [1.82, 2.24) is 15.5 Å². The van der Waals surface area contributed by atoms with E-state index in [0.29, 0.717) is 17.6 Å². The highest BCUT2D eigenvalue weighted by Gasteiger charge is 2.46. The van der Waals surface area contributed by atoms with E-state index < -0.39 is 0 Å². The Labute approximate surface area is 134 Å². The Bertz CT molecular complexity index is 705. The van der Waals surface area contributed by atoms with Crippen LogP contribution in [0, 0.1) is 5.92 Å². The zero-order chi connectivity index (χ0) is 15.2. The molecule has 1 aromatic carbocycles. The fourth-order valence-corrected chi connectivity index (χ4v) is 4.33. The molecular formula is C16H20ClN4O+. The molecule has 116 valence electrons. The Kier molecular flexibility index (Phi) is 3.35. The fourth-order valence-electron chi connectivity index (χ4n) is 3.99. The van der Waals surface area contributed by atoms with E-state index in [1.54, 1.807) is 0 Å². The summed E-state index contributed by atoms with van der Waals surface area (Å²) in [7, 11) is 0. The Morgan fingerprint density at radius 1 is 1.36 bits per heavy atom. The van der Waals surface area contributed by atoms with E-state index in [4.69, 9.17) is 11.6 Å². The first kappa shape index (κ1) is 14.0. The SMILES string of the molecule is O=C(N[C@@H]1C[N+]2(CCl)CCC1CC2)c1n[nH]c2ccccc12. The van der Waals surface area contributed by atoms with Crippen LogP contribution in [-0.2, 0) is 0 Å². The van der Waals surface area contributed by atoms with Gasteiger partial charge in [0, 0.05) is 18.2 Å². The molecule has 0 unspecified atom stereocenters. The smallest absolute Gasteiger partial charge is 0.272 e. The van der Waals surface area contributed by atoms with Gasteiger partial charge in [0.25, 0.3) is 5.91 Å². The van der Waals surface area contributed by atoms with Crippen molar-refractivity contribution in [3.8, 4) is 0 Å². The average Bonchev–Trinajstić information content (AvgIpc) is 3.00. The number of carbonyl (C=O) groups is 1. The third-order valence-corrected chi connectivity index (χ3v) is 5.86. The van der Waals surface area contributed by atoms with E-state index in [0.717, 1.165) is 47.9 Å². The molecule has 3 saturated heterocycles. The third kappa shape index (κ3) is 2.20. The van der Waals surface area contributed by atoms with Gasteiger partial charge in [-0.2, -0.15) is 5.10 Å². The maximum absolute atomic E-state index is 12.6. The molecule has 1 aromatic heterocycles. The summed E-state index contributed by atoms with van der Waals surface area (Å²) in [6, 6.07) is 8.58. The largest absolute Gasteiger partial charge is 0.342 e. The van der Waals surface area contributed by atoms with Gasteiger partial charge in [-0.25, -0.2) is 0 Å². The highest BCUT2D eigenvalue weighted by atomic mass is 35.5. The van der Waals surface area contributed by atoms with Crippen LogP contribution in [0.4, 0.5) is 0 Å². The molecule has 5 nitrogen and oxygen atoms in total. The molecule has 0 radical (unpaired) electrons. The highest BCUT2D eigenvalue weighted by molar-refractivity contribution is 6.17. The number of carbonyl (C=O) groups excluding carboxylic acids is 1. The Hall–Kier alpha value is -1.59. The number of piperidine rings is 3. The number of hydrogen-bond donors (Lipinski definition) is 2. The predicted octanol–water partition coefficient (Wildman–Crippen LogP) is 2.10. The number of halogens is 1.